The maximum Gasteiger partial charge on any atom is 0.333 e. The number of aromatic nitrogens is 2. The zero-order valence-electron chi connectivity index (χ0n) is 16.9. The highest BCUT2D eigenvalue weighted by molar-refractivity contribution is 5.95. The third kappa shape index (κ3) is 3.08. The van der Waals surface area contributed by atoms with Gasteiger partial charge in [0.1, 0.15) is 5.56 Å². The van der Waals surface area contributed by atoms with Gasteiger partial charge in [0.2, 0.25) is 11.8 Å². The van der Waals surface area contributed by atoms with Crippen molar-refractivity contribution in [3.63, 3.8) is 0 Å². The summed E-state index contributed by atoms with van der Waals surface area (Å²) in [6.45, 7) is 1.33. The Kier molecular flexibility index (Phi) is 4.69. The highest BCUT2D eigenvalue weighted by atomic mass is 16.6. The Labute approximate surface area is 175 Å². The van der Waals surface area contributed by atoms with Gasteiger partial charge >= 0.3 is 5.69 Å². The number of rotatable bonds is 2. The van der Waals surface area contributed by atoms with Crippen molar-refractivity contribution in [1.29, 1.82) is 0 Å². The zero-order valence-corrected chi connectivity index (χ0v) is 16.9. The van der Waals surface area contributed by atoms with E-state index < -0.39 is 28.1 Å². The van der Waals surface area contributed by atoms with Crippen LogP contribution in [-0.2, 0) is 18.9 Å². The van der Waals surface area contributed by atoms with Crippen LogP contribution in [0.3, 0.4) is 0 Å². The molecule has 10 nitrogen and oxygen atoms in total. The van der Waals surface area contributed by atoms with Gasteiger partial charge in [0.15, 0.2) is 5.75 Å². The number of nitrogens with zero attached hydrogens (tertiary/aromatic N) is 4. The molecule has 31 heavy (non-hydrogen) atoms. The van der Waals surface area contributed by atoms with E-state index >= 15 is 0 Å². The molecule has 2 heterocycles. The molecule has 1 amide bonds. The summed E-state index contributed by atoms with van der Waals surface area (Å²) in [5, 5.41) is 11.4. The number of ether oxygens (including phenoxy) is 1. The van der Waals surface area contributed by atoms with Crippen molar-refractivity contribution in [2.75, 3.05) is 4.90 Å². The first-order valence-corrected chi connectivity index (χ1v) is 9.33. The molecular weight excluding hydrogens is 404 g/mol. The maximum absolute atomic E-state index is 13.3. The summed E-state index contributed by atoms with van der Waals surface area (Å²) in [4.78, 5) is 50.8. The number of hydrogen-bond donors (Lipinski definition) is 0. The van der Waals surface area contributed by atoms with E-state index in [2.05, 4.69) is 0 Å². The van der Waals surface area contributed by atoms with Crippen LogP contribution in [0.4, 0.5) is 11.4 Å². The van der Waals surface area contributed by atoms with Crippen molar-refractivity contribution in [3.05, 3.63) is 90.6 Å². The highest BCUT2D eigenvalue weighted by Gasteiger charge is 2.38. The van der Waals surface area contributed by atoms with E-state index in [-0.39, 0.29) is 22.9 Å². The fourth-order valence-corrected chi connectivity index (χ4v) is 3.80. The van der Waals surface area contributed by atoms with E-state index in [0.717, 1.165) is 4.57 Å². The number of hydrogen-bond acceptors (Lipinski definition) is 6. The van der Waals surface area contributed by atoms with Crippen molar-refractivity contribution in [2.45, 2.75) is 13.0 Å². The Morgan fingerprint density at radius 1 is 1.06 bits per heavy atom. The molecule has 0 saturated carbocycles. The van der Waals surface area contributed by atoms with E-state index in [1.807, 2.05) is 0 Å². The molecule has 0 fully saturated rings. The van der Waals surface area contributed by atoms with Crippen molar-refractivity contribution in [2.24, 2.45) is 14.1 Å². The van der Waals surface area contributed by atoms with Crippen molar-refractivity contribution in [3.8, 4) is 11.6 Å². The molecule has 1 aliphatic rings. The molecule has 2 aromatic carbocycles. The molecule has 0 saturated heterocycles. The molecule has 0 radical (unpaired) electrons. The molecule has 3 aromatic rings. The first-order chi connectivity index (χ1) is 14.7. The van der Waals surface area contributed by atoms with Crippen LogP contribution >= 0.6 is 0 Å². The fraction of sp³-hybridized carbons (Fsp3) is 0.190. The number of carbonyl (C=O) groups excluding carboxylic acids is 1. The second-order valence-corrected chi connectivity index (χ2v) is 7.14. The largest absolute Gasteiger partial charge is 0.438 e. The topological polar surface area (TPSA) is 117 Å². The van der Waals surface area contributed by atoms with Gasteiger partial charge in [-0.15, -0.1) is 0 Å². The Bertz CT molecular complexity index is 1360. The lowest BCUT2D eigenvalue weighted by Crippen LogP contribution is -2.43. The van der Waals surface area contributed by atoms with E-state index in [0.29, 0.717) is 11.3 Å². The van der Waals surface area contributed by atoms with Gasteiger partial charge < -0.3 is 4.74 Å². The lowest BCUT2D eigenvalue weighted by molar-refractivity contribution is -0.384. The molecule has 1 atom stereocenters. The number of non-ortho nitro benzene ring substituents is 1. The zero-order chi connectivity index (χ0) is 22.4. The summed E-state index contributed by atoms with van der Waals surface area (Å²) >= 11 is 0. The van der Waals surface area contributed by atoms with E-state index in [9.17, 15) is 24.5 Å². The van der Waals surface area contributed by atoms with Crippen LogP contribution in [0.5, 0.6) is 11.6 Å². The third-order valence-corrected chi connectivity index (χ3v) is 5.24. The minimum atomic E-state index is -1.05. The summed E-state index contributed by atoms with van der Waals surface area (Å²) < 4.78 is 8.08. The van der Waals surface area contributed by atoms with Crippen molar-refractivity contribution in [1.82, 2.24) is 9.13 Å². The quantitative estimate of drug-likeness (QED) is 0.462. The second-order valence-electron chi connectivity index (χ2n) is 7.14. The summed E-state index contributed by atoms with van der Waals surface area (Å²) in [6, 6.07) is 11.3. The van der Waals surface area contributed by atoms with Crippen LogP contribution in [0.1, 0.15) is 24.1 Å². The Hall–Kier alpha value is -4.21. The molecule has 158 valence electrons. The fourth-order valence-electron chi connectivity index (χ4n) is 3.80. The van der Waals surface area contributed by atoms with Gasteiger partial charge in [0, 0.05) is 33.2 Å². The van der Waals surface area contributed by atoms with Crippen LogP contribution in [0, 0.1) is 10.1 Å². The van der Waals surface area contributed by atoms with Gasteiger partial charge in [-0.05, 0) is 17.7 Å². The normalized spacial score (nSPS) is 14.8. The van der Waals surface area contributed by atoms with Gasteiger partial charge in [0.05, 0.1) is 16.7 Å². The van der Waals surface area contributed by atoms with E-state index in [1.54, 1.807) is 30.3 Å². The van der Waals surface area contributed by atoms with E-state index in [4.69, 9.17) is 4.74 Å². The number of nitro benzene ring substituents is 1. The molecular formula is C21H18N4O6. The van der Waals surface area contributed by atoms with Gasteiger partial charge in [-0.25, -0.2) is 4.79 Å². The van der Waals surface area contributed by atoms with Crippen molar-refractivity contribution >= 4 is 17.3 Å². The summed E-state index contributed by atoms with van der Waals surface area (Å²) in [5.74, 6) is -0.160. The van der Waals surface area contributed by atoms with Crippen LogP contribution in [-0.4, -0.2) is 20.0 Å². The predicted molar refractivity (Wildman–Crippen MR) is 112 cm³/mol. The highest BCUT2D eigenvalue weighted by Crippen LogP contribution is 2.45. The van der Waals surface area contributed by atoms with Gasteiger partial charge in [-0.3, -0.25) is 33.7 Å². The minimum absolute atomic E-state index is 0.0245. The van der Waals surface area contributed by atoms with E-state index in [1.165, 1.54) is 48.7 Å². The Morgan fingerprint density at radius 2 is 1.77 bits per heavy atom. The summed E-state index contributed by atoms with van der Waals surface area (Å²) in [7, 11) is 2.78. The average Bonchev–Trinajstić information content (AvgIpc) is 2.91. The number of fused-ring (bicyclic) bond motifs is 2. The average molecular weight is 422 g/mol. The number of carbonyl (C=O) groups is 1. The standard InChI is InChI=1S/C21H18N4O6/c1-12(26)24-15-9-4-5-10-16(15)31-20-17(19(27)22(2)21(28)23(20)3)18(24)13-7-6-8-14(11-13)25(29)30/h4-11,18H,1-3H3/t18-/m0/s1. The van der Waals surface area contributed by atoms with Gasteiger partial charge in [-0.2, -0.15) is 0 Å². The van der Waals surface area contributed by atoms with Gasteiger partial charge in [-0.1, -0.05) is 24.3 Å². The number of benzene rings is 2. The summed E-state index contributed by atoms with van der Waals surface area (Å²) in [5.41, 5.74) is -0.720. The van der Waals surface area contributed by atoms with Crippen LogP contribution in [0.2, 0.25) is 0 Å². The maximum atomic E-state index is 13.3. The summed E-state index contributed by atoms with van der Waals surface area (Å²) in [6.07, 6.45) is 0. The molecule has 0 N–H and O–H groups in total. The molecule has 1 aromatic heterocycles. The second kappa shape index (κ2) is 7.24. The van der Waals surface area contributed by atoms with Crippen LogP contribution < -0.4 is 20.9 Å². The number of anilines is 1. The van der Waals surface area contributed by atoms with Crippen molar-refractivity contribution < 1.29 is 14.5 Å². The van der Waals surface area contributed by atoms with Crippen LogP contribution in [0.25, 0.3) is 0 Å². The lowest BCUT2D eigenvalue weighted by atomic mass is 9.97. The number of para-hydroxylation sites is 2. The molecule has 1 aliphatic heterocycles. The SMILES string of the molecule is CC(=O)N1c2ccccc2Oc2c(c(=O)n(C)c(=O)n2C)[C@@H]1c1cccc([N+](=O)[O-])c1. The molecule has 0 spiro atoms. The molecule has 0 aliphatic carbocycles. The number of nitro groups is 1. The molecule has 10 heteroatoms. The third-order valence-electron chi connectivity index (χ3n) is 5.24. The Morgan fingerprint density at radius 3 is 2.45 bits per heavy atom. The first-order valence-electron chi connectivity index (χ1n) is 9.33. The van der Waals surface area contributed by atoms with Gasteiger partial charge in [0.25, 0.3) is 11.2 Å². The molecule has 4 rings (SSSR count). The molecule has 0 unspecified atom stereocenters. The Balaban J connectivity index is 2.16. The first kappa shape index (κ1) is 20.1. The predicted octanol–water partition coefficient (Wildman–Crippen LogP) is 2.24. The smallest absolute Gasteiger partial charge is 0.333 e. The van der Waals surface area contributed by atoms with Crippen LogP contribution in [0.15, 0.2) is 58.1 Å². The minimum Gasteiger partial charge on any atom is -0.438 e. The monoisotopic (exact) mass is 422 g/mol. The molecule has 0 bridgehead atoms. The lowest BCUT2D eigenvalue weighted by Gasteiger charge is -2.30. The number of amides is 1.